The van der Waals surface area contributed by atoms with Crippen molar-refractivity contribution in [2.24, 2.45) is 11.8 Å². The Hall–Kier alpha value is -1.57. The van der Waals surface area contributed by atoms with Crippen LogP contribution in [0.4, 0.5) is 0 Å². The molecule has 8 heteroatoms. The van der Waals surface area contributed by atoms with Crippen molar-refractivity contribution in [3.63, 3.8) is 0 Å². The highest BCUT2D eigenvalue weighted by Crippen LogP contribution is 2.26. The molecule has 0 aromatic rings. The van der Waals surface area contributed by atoms with Crippen LogP contribution in [0.25, 0.3) is 0 Å². The summed E-state index contributed by atoms with van der Waals surface area (Å²) in [4.78, 5) is 49.8. The van der Waals surface area contributed by atoms with E-state index in [0.717, 1.165) is 18.2 Å². The average molecular weight is 458 g/mol. The van der Waals surface area contributed by atoms with E-state index in [9.17, 15) is 19.2 Å². The first-order valence-electron chi connectivity index (χ1n) is 11.3. The van der Waals surface area contributed by atoms with E-state index in [0.29, 0.717) is 18.3 Å². The molecule has 31 heavy (non-hydrogen) atoms. The first-order valence-corrected chi connectivity index (χ1v) is 12.3. The molecule has 0 spiro atoms. The van der Waals surface area contributed by atoms with Crippen LogP contribution in [0, 0.1) is 11.8 Å². The third-order valence-corrected chi connectivity index (χ3v) is 6.18. The Labute approximate surface area is 191 Å². The number of thioether (sulfide) groups is 1. The molecule has 1 fully saturated rings. The molecule has 0 saturated heterocycles. The minimum Gasteiger partial charge on any atom is -0.466 e. The first kappa shape index (κ1) is 27.5. The van der Waals surface area contributed by atoms with Gasteiger partial charge in [-0.1, -0.05) is 50.8 Å². The average Bonchev–Trinajstić information content (AvgIpc) is 2.68. The smallest absolute Gasteiger partial charge is 0.326 e. The monoisotopic (exact) mass is 457 g/mol. The van der Waals surface area contributed by atoms with E-state index in [1.54, 1.807) is 27.7 Å². The van der Waals surface area contributed by atoms with Crippen LogP contribution in [-0.2, 0) is 28.7 Å². The molecule has 1 rings (SSSR count). The van der Waals surface area contributed by atoms with Gasteiger partial charge in [-0.3, -0.25) is 19.2 Å². The number of nitrogens with zero attached hydrogens (tertiary/aromatic N) is 1. The molecule has 1 aliphatic rings. The molecule has 0 bridgehead atoms. The predicted molar refractivity (Wildman–Crippen MR) is 121 cm³/mol. The van der Waals surface area contributed by atoms with Crippen LogP contribution in [0.1, 0.15) is 79.6 Å². The van der Waals surface area contributed by atoms with E-state index in [1.807, 2.05) is 0 Å². The van der Waals surface area contributed by atoms with Crippen LogP contribution in [0.15, 0.2) is 0 Å². The second kappa shape index (κ2) is 13.8. The van der Waals surface area contributed by atoms with Crippen LogP contribution in [0.5, 0.6) is 0 Å². The lowest BCUT2D eigenvalue weighted by atomic mass is 9.87. The van der Waals surface area contributed by atoms with Crippen molar-refractivity contribution >= 4 is 34.7 Å². The maximum atomic E-state index is 12.8. The molecule has 178 valence electrons. The third-order valence-electron chi connectivity index (χ3n) is 5.11. The minimum atomic E-state index is -0.667. The van der Waals surface area contributed by atoms with E-state index in [1.165, 1.54) is 43.9 Å². The fraction of sp³-hybridized carbons (Fsp3) is 0.826. The zero-order valence-corrected chi connectivity index (χ0v) is 20.6. The Bertz CT molecular complexity index is 610. The van der Waals surface area contributed by atoms with E-state index in [-0.39, 0.29) is 36.5 Å². The van der Waals surface area contributed by atoms with E-state index in [4.69, 9.17) is 9.47 Å². The van der Waals surface area contributed by atoms with Crippen LogP contribution in [0.2, 0.25) is 0 Å². The summed E-state index contributed by atoms with van der Waals surface area (Å²) in [5.41, 5.74) is -0.667. The molecular formula is C23H39NO6S. The van der Waals surface area contributed by atoms with Gasteiger partial charge in [0.15, 0.2) is 5.12 Å². The lowest BCUT2D eigenvalue weighted by Crippen LogP contribution is -2.42. The lowest BCUT2D eigenvalue weighted by Gasteiger charge is -2.27. The molecule has 0 aromatic carbocycles. The molecular weight excluding hydrogens is 418 g/mol. The fourth-order valence-corrected chi connectivity index (χ4v) is 4.16. The molecule has 7 nitrogen and oxygen atoms in total. The largest absolute Gasteiger partial charge is 0.466 e. The van der Waals surface area contributed by atoms with Crippen LogP contribution in [-0.4, -0.2) is 58.9 Å². The second-order valence-corrected chi connectivity index (χ2v) is 10.5. The van der Waals surface area contributed by atoms with E-state index in [2.05, 4.69) is 0 Å². The summed E-state index contributed by atoms with van der Waals surface area (Å²) in [6, 6.07) is 0. The normalized spacial score (nSPS) is 15.8. The van der Waals surface area contributed by atoms with Gasteiger partial charge in [-0.25, -0.2) is 0 Å². The predicted octanol–water partition coefficient (Wildman–Crippen LogP) is 3.98. The number of carbonyl (C=O) groups is 4. The van der Waals surface area contributed by atoms with Crippen molar-refractivity contribution in [1.29, 1.82) is 0 Å². The molecule has 0 N–H and O–H groups in total. The summed E-state index contributed by atoms with van der Waals surface area (Å²) in [6.07, 6.45) is 7.09. The number of ether oxygens (including phenoxy) is 2. The van der Waals surface area contributed by atoms with Gasteiger partial charge in [-0.2, -0.15) is 0 Å². The molecule has 0 aliphatic heterocycles. The summed E-state index contributed by atoms with van der Waals surface area (Å²) in [5, 5.41) is -0.0696. The van der Waals surface area contributed by atoms with Gasteiger partial charge in [-0.05, 0) is 33.1 Å². The van der Waals surface area contributed by atoms with Crippen LogP contribution < -0.4 is 0 Å². The second-order valence-electron chi connectivity index (χ2n) is 9.31. The van der Waals surface area contributed by atoms with Gasteiger partial charge in [0.05, 0.1) is 13.0 Å². The third kappa shape index (κ3) is 12.8. The SMILES string of the molecule is CC(=O)SC[C@@H](C)C(=O)N(CCC(=O)OCCC1CCCCC1)CC(=O)OC(C)(C)C. The summed E-state index contributed by atoms with van der Waals surface area (Å²) in [6.45, 7) is 8.67. The zero-order chi connectivity index (χ0) is 23.4. The molecule has 0 heterocycles. The van der Waals surface area contributed by atoms with Crippen molar-refractivity contribution < 1.29 is 28.7 Å². The Morgan fingerprint density at radius 3 is 2.29 bits per heavy atom. The highest BCUT2D eigenvalue weighted by Gasteiger charge is 2.26. The van der Waals surface area contributed by atoms with Gasteiger partial charge in [0.1, 0.15) is 12.1 Å². The van der Waals surface area contributed by atoms with Crippen molar-refractivity contribution in [2.45, 2.75) is 85.2 Å². The lowest BCUT2D eigenvalue weighted by molar-refractivity contribution is -0.160. The number of esters is 2. The van der Waals surface area contributed by atoms with E-state index >= 15 is 0 Å². The Kier molecular flexibility index (Phi) is 12.2. The Morgan fingerprint density at radius 2 is 1.71 bits per heavy atom. The van der Waals surface area contributed by atoms with E-state index < -0.39 is 17.5 Å². The first-order chi connectivity index (χ1) is 14.5. The summed E-state index contributed by atoms with van der Waals surface area (Å²) in [5.74, 6) is -0.689. The number of rotatable bonds is 11. The summed E-state index contributed by atoms with van der Waals surface area (Å²) < 4.78 is 10.7. The van der Waals surface area contributed by atoms with Gasteiger partial charge >= 0.3 is 11.9 Å². The van der Waals surface area contributed by atoms with Crippen molar-refractivity contribution in [3.8, 4) is 0 Å². The van der Waals surface area contributed by atoms with Crippen LogP contribution in [0.3, 0.4) is 0 Å². The highest BCUT2D eigenvalue weighted by atomic mass is 32.2. The number of carbonyl (C=O) groups excluding carboxylic acids is 4. The Morgan fingerprint density at radius 1 is 1.06 bits per heavy atom. The molecule has 0 unspecified atom stereocenters. The molecule has 1 atom stereocenters. The Balaban J connectivity index is 2.56. The van der Waals surface area contributed by atoms with Gasteiger partial charge in [0, 0.05) is 25.1 Å². The molecule has 0 aromatic heterocycles. The zero-order valence-electron chi connectivity index (χ0n) is 19.7. The molecule has 1 saturated carbocycles. The topological polar surface area (TPSA) is 90.0 Å². The van der Waals surface area contributed by atoms with Gasteiger partial charge < -0.3 is 14.4 Å². The quantitative estimate of drug-likeness (QED) is 0.434. The summed E-state index contributed by atoms with van der Waals surface area (Å²) >= 11 is 1.07. The number of hydrogen-bond donors (Lipinski definition) is 0. The van der Waals surface area contributed by atoms with Crippen molar-refractivity contribution in [3.05, 3.63) is 0 Å². The molecule has 1 amide bonds. The fourth-order valence-electron chi connectivity index (χ4n) is 3.54. The molecule has 0 radical (unpaired) electrons. The van der Waals surface area contributed by atoms with Gasteiger partial charge in [-0.15, -0.1) is 0 Å². The van der Waals surface area contributed by atoms with Crippen molar-refractivity contribution in [2.75, 3.05) is 25.4 Å². The van der Waals surface area contributed by atoms with Gasteiger partial charge in [0.25, 0.3) is 0 Å². The number of hydrogen-bond acceptors (Lipinski definition) is 7. The van der Waals surface area contributed by atoms with Crippen LogP contribution >= 0.6 is 11.8 Å². The highest BCUT2D eigenvalue weighted by molar-refractivity contribution is 8.13. The summed E-state index contributed by atoms with van der Waals surface area (Å²) in [7, 11) is 0. The number of amides is 1. The van der Waals surface area contributed by atoms with Crippen molar-refractivity contribution in [1.82, 2.24) is 4.90 Å². The minimum absolute atomic E-state index is 0.0196. The van der Waals surface area contributed by atoms with Gasteiger partial charge in [0.2, 0.25) is 5.91 Å². The standard InChI is InChI=1S/C23H39NO6S/c1-17(16-31-18(2)25)22(28)24(15-21(27)30-23(3,4)5)13-11-20(26)29-14-12-19-9-7-6-8-10-19/h17,19H,6-16H2,1-5H3/t17-/m1/s1. The molecule has 1 aliphatic carbocycles. The maximum absolute atomic E-state index is 12.8. The maximum Gasteiger partial charge on any atom is 0.326 e.